The monoisotopic (exact) mass is 215 g/mol. The van der Waals surface area contributed by atoms with Crippen LogP contribution in [0.1, 0.15) is 32.8 Å². The molecule has 86 valence electrons. The number of anilines is 1. The number of fused-ring (bicyclic) bond motifs is 1. The average molecular weight is 215 g/mol. The molecule has 16 heavy (non-hydrogen) atoms. The summed E-state index contributed by atoms with van der Waals surface area (Å²) < 4.78 is 0. The normalized spacial score (nSPS) is 15.8. The van der Waals surface area contributed by atoms with Crippen molar-refractivity contribution in [2.24, 2.45) is 5.41 Å². The van der Waals surface area contributed by atoms with Gasteiger partial charge in [0.05, 0.1) is 0 Å². The van der Waals surface area contributed by atoms with Crippen molar-refractivity contribution in [2.75, 3.05) is 11.4 Å². The first-order valence-corrected chi connectivity index (χ1v) is 6.05. The molecule has 0 bridgehead atoms. The molecule has 0 unspecified atom stereocenters. The standard InChI is InChI=1S/C15H21N/c1-12(15(2,3)4)16-11-7-9-13-8-5-6-10-14(13)16/h5-6,8,10H,1,7,9,11H2,2-4H3. The topological polar surface area (TPSA) is 3.24 Å². The molecular formula is C15H21N. The SMILES string of the molecule is C=C(N1CCCc2ccccc21)C(C)(C)C. The Morgan fingerprint density at radius 1 is 1.25 bits per heavy atom. The highest BCUT2D eigenvalue weighted by molar-refractivity contribution is 5.59. The summed E-state index contributed by atoms with van der Waals surface area (Å²) in [6, 6.07) is 8.69. The number of hydrogen-bond acceptors (Lipinski definition) is 1. The van der Waals surface area contributed by atoms with Gasteiger partial charge in [-0.25, -0.2) is 0 Å². The van der Waals surface area contributed by atoms with Crippen LogP contribution < -0.4 is 4.90 Å². The minimum atomic E-state index is 0.143. The lowest BCUT2D eigenvalue weighted by molar-refractivity contribution is 0.479. The van der Waals surface area contributed by atoms with Crippen LogP contribution in [0.3, 0.4) is 0 Å². The minimum absolute atomic E-state index is 0.143. The van der Waals surface area contributed by atoms with Gasteiger partial charge in [0.25, 0.3) is 0 Å². The molecule has 1 heteroatoms. The van der Waals surface area contributed by atoms with E-state index in [0.29, 0.717) is 0 Å². The van der Waals surface area contributed by atoms with Gasteiger partial charge in [0.2, 0.25) is 0 Å². The molecule has 0 saturated heterocycles. The fraction of sp³-hybridized carbons (Fsp3) is 0.467. The van der Waals surface area contributed by atoms with E-state index in [2.05, 4.69) is 56.5 Å². The maximum absolute atomic E-state index is 4.27. The minimum Gasteiger partial charge on any atom is -0.345 e. The van der Waals surface area contributed by atoms with E-state index in [4.69, 9.17) is 0 Å². The summed E-state index contributed by atoms with van der Waals surface area (Å²) >= 11 is 0. The number of allylic oxidation sites excluding steroid dienone is 1. The van der Waals surface area contributed by atoms with Crippen molar-refractivity contribution in [1.82, 2.24) is 0 Å². The van der Waals surface area contributed by atoms with Crippen LogP contribution in [-0.4, -0.2) is 6.54 Å². The Morgan fingerprint density at radius 3 is 2.62 bits per heavy atom. The van der Waals surface area contributed by atoms with Gasteiger partial charge in [0, 0.05) is 23.3 Å². The molecule has 0 aliphatic carbocycles. The summed E-state index contributed by atoms with van der Waals surface area (Å²) in [7, 11) is 0. The lowest BCUT2D eigenvalue weighted by Crippen LogP contribution is -2.33. The van der Waals surface area contributed by atoms with Gasteiger partial charge in [-0.15, -0.1) is 0 Å². The smallest absolute Gasteiger partial charge is 0.0440 e. The van der Waals surface area contributed by atoms with E-state index in [0.717, 1.165) is 6.54 Å². The first kappa shape index (κ1) is 11.3. The fourth-order valence-electron chi connectivity index (χ4n) is 2.22. The lowest BCUT2D eigenvalue weighted by atomic mass is 9.89. The highest BCUT2D eigenvalue weighted by Crippen LogP contribution is 2.35. The molecule has 0 saturated carbocycles. The zero-order chi connectivity index (χ0) is 11.8. The van der Waals surface area contributed by atoms with E-state index in [1.807, 2.05) is 0 Å². The van der Waals surface area contributed by atoms with E-state index in [1.165, 1.54) is 29.8 Å². The quantitative estimate of drug-likeness (QED) is 0.684. The second-order valence-electron chi connectivity index (χ2n) is 5.58. The number of nitrogens with zero attached hydrogens (tertiary/aromatic N) is 1. The van der Waals surface area contributed by atoms with Crippen LogP contribution >= 0.6 is 0 Å². The molecule has 1 nitrogen and oxygen atoms in total. The summed E-state index contributed by atoms with van der Waals surface area (Å²) in [5.74, 6) is 0. The van der Waals surface area contributed by atoms with E-state index in [1.54, 1.807) is 0 Å². The summed E-state index contributed by atoms with van der Waals surface area (Å²) in [6.07, 6.45) is 2.43. The van der Waals surface area contributed by atoms with Gasteiger partial charge in [-0.3, -0.25) is 0 Å². The fourth-order valence-corrected chi connectivity index (χ4v) is 2.22. The molecule has 0 spiro atoms. The number of hydrogen-bond donors (Lipinski definition) is 0. The molecule has 2 rings (SSSR count). The summed E-state index contributed by atoms with van der Waals surface area (Å²) in [5, 5.41) is 0. The van der Waals surface area contributed by atoms with E-state index in [9.17, 15) is 0 Å². The second kappa shape index (κ2) is 3.97. The summed E-state index contributed by atoms with van der Waals surface area (Å²) in [5.41, 5.74) is 4.18. The molecule has 0 atom stereocenters. The summed E-state index contributed by atoms with van der Waals surface area (Å²) in [4.78, 5) is 2.39. The zero-order valence-corrected chi connectivity index (χ0v) is 10.6. The Bertz CT molecular complexity index is 398. The van der Waals surface area contributed by atoms with Crippen LogP contribution in [0.5, 0.6) is 0 Å². The van der Waals surface area contributed by atoms with Gasteiger partial charge in [0.15, 0.2) is 0 Å². The van der Waals surface area contributed by atoms with Crippen LogP contribution in [0.15, 0.2) is 36.5 Å². The average Bonchev–Trinajstić information content (AvgIpc) is 2.26. The van der Waals surface area contributed by atoms with Crippen molar-refractivity contribution < 1.29 is 0 Å². The van der Waals surface area contributed by atoms with Gasteiger partial charge in [-0.2, -0.15) is 0 Å². The zero-order valence-electron chi connectivity index (χ0n) is 10.6. The highest BCUT2D eigenvalue weighted by Gasteiger charge is 2.25. The number of rotatable bonds is 1. The predicted molar refractivity (Wildman–Crippen MR) is 70.7 cm³/mol. The molecule has 1 aliphatic rings. The maximum atomic E-state index is 4.27. The van der Waals surface area contributed by atoms with Gasteiger partial charge >= 0.3 is 0 Å². The van der Waals surface area contributed by atoms with Crippen molar-refractivity contribution >= 4 is 5.69 Å². The molecule has 1 heterocycles. The van der Waals surface area contributed by atoms with Crippen molar-refractivity contribution in [2.45, 2.75) is 33.6 Å². The largest absolute Gasteiger partial charge is 0.345 e. The molecule has 0 fully saturated rings. The van der Waals surface area contributed by atoms with Crippen LogP contribution in [-0.2, 0) is 6.42 Å². The lowest BCUT2D eigenvalue weighted by Gasteiger charge is -2.38. The van der Waals surface area contributed by atoms with Gasteiger partial charge in [-0.1, -0.05) is 45.5 Å². The van der Waals surface area contributed by atoms with Gasteiger partial charge in [-0.05, 0) is 24.5 Å². The van der Waals surface area contributed by atoms with E-state index in [-0.39, 0.29) is 5.41 Å². The Hall–Kier alpha value is -1.24. The van der Waals surface area contributed by atoms with Crippen LogP contribution in [0.2, 0.25) is 0 Å². The molecule has 0 aromatic heterocycles. The molecular weight excluding hydrogens is 194 g/mol. The Kier molecular flexibility index (Phi) is 2.79. The van der Waals surface area contributed by atoms with Crippen LogP contribution in [0, 0.1) is 5.41 Å². The van der Waals surface area contributed by atoms with Crippen LogP contribution in [0.4, 0.5) is 5.69 Å². The molecule has 1 aliphatic heterocycles. The Labute approximate surface area is 98.8 Å². The Balaban J connectivity index is 2.36. The second-order valence-corrected chi connectivity index (χ2v) is 5.58. The van der Waals surface area contributed by atoms with Gasteiger partial charge in [0.1, 0.15) is 0 Å². The molecule has 0 radical (unpaired) electrons. The van der Waals surface area contributed by atoms with Gasteiger partial charge < -0.3 is 4.90 Å². The molecule has 1 aromatic rings. The highest BCUT2D eigenvalue weighted by atomic mass is 15.2. The van der Waals surface area contributed by atoms with E-state index >= 15 is 0 Å². The molecule has 0 amide bonds. The van der Waals surface area contributed by atoms with Crippen molar-refractivity contribution in [3.63, 3.8) is 0 Å². The first-order chi connectivity index (χ1) is 7.50. The Morgan fingerprint density at radius 2 is 1.94 bits per heavy atom. The number of para-hydroxylation sites is 1. The van der Waals surface area contributed by atoms with E-state index < -0.39 is 0 Å². The first-order valence-electron chi connectivity index (χ1n) is 6.05. The van der Waals surface area contributed by atoms with Crippen molar-refractivity contribution in [1.29, 1.82) is 0 Å². The number of aryl methyl sites for hydroxylation is 1. The number of benzene rings is 1. The third-order valence-electron chi connectivity index (χ3n) is 3.30. The third kappa shape index (κ3) is 1.99. The van der Waals surface area contributed by atoms with Crippen molar-refractivity contribution in [3.8, 4) is 0 Å². The molecule has 0 N–H and O–H groups in total. The predicted octanol–water partition coefficient (Wildman–Crippen LogP) is 4.00. The van der Waals surface area contributed by atoms with Crippen LogP contribution in [0.25, 0.3) is 0 Å². The summed E-state index contributed by atoms with van der Waals surface area (Å²) in [6.45, 7) is 12.1. The van der Waals surface area contributed by atoms with Crippen molar-refractivity contribution in [3.05, 3.63) is 42.1 Å². The third-order valence-corrected chi connectivity index (χ3v) is 3.30. The maximum Gasteiger partial charge on any atom is 0.0440 e. The molecule has 1 aromatic carbocycles.